The Morgan fingerprint density at radius 3 is 2.83 bits per heavy atom. The van der Waals surface area contributed by atoms with Gasteiger partial charge >= 0.3 is 0 Å². The molecule has 0 aromatic carbocycles. The van der Waals surface area contributed by atoms with Crippen molar-refractivity contribution in [2.45, 2.75) is 32.0 Å². The fourth-order valence-electron chi connectivity index (χ4n) is 2.55. The van der Waals surface area contributed by atoms with Crippen LogP contribution in [0.2, 0.25) is 0 Å². The molecule has 0 saturated carbocycles. The number of hydrogen-bond acceptors (Lipinski definition) is 6. The summed E-state index contributed by atoms with van der Waals surface area (Å²) in [5, 5.41) is 23.3. The monoisotopic (exact) mass is 325 g/mol. The van der Waals surface area contributed by atoms with E-state index in [0.29, 0.717) is 19.6 Å². The molecule has 1 aliphatic heterocycles. The predicted octanol–water partition coefficient (Wildman–Crippen LogP) is -1.25. The highest BCUT2D eigenvalue weighted by atomic mass is 16.3. The van der Waals surface area contributed by atoms with E-state index in [1.54, 1.807) is 0 Å². The van der Waals surface area contributed by atoms with Gasteiger partial charge in [-0.3, -0.25) is 14.5 Å². The number of nitrogens with zero attached hydrogens (tertiary/aromatic N) is 1. The Balaban J connectivity index is 1.99. The van der Waals surface area contributed by atoms with Gasteiger partial charge in [-0.15, -0.1) is 0 Å². The molecule has 1 atom stereocenters. The number of aliphatic hydroxyl groups is 2. The number of aryl methyl sites for hydroxylation is 1. The topological polar surface area (TPSA) is 115 Å². The van der Waals surface area contributed by atoms with E-state index in [2.05, 4.69) is 10.6 Å². The molecular weight excluding hydrogens is 302 g/mol. The summed E-state index contributed by atoms with van der Waals surface area (Å²) < 4.78 is 5.53. The zero-order valence-corrected chi connectivity index (χ0v) is 13.1. The van der Waals surface area contributed by atoms with E-state index >= 15 is 0 Å². The van der Waals surface area contributed by atoms with Crippen molar-refractivity contribution in [1.82, 2.24) is 15.5 Å². The van der Waals surface area contributed by atoms with Crippen LogP contribution in [-0.4, -0.2) is 65.3 Å². The Morgan fingerprint density at radius 2 is 2.22 bits per heavy atom. The van der Waals surface area contributed by atoms with Crippen LogP contribution < -0.4 is 10.6 Å². The summed E-state index contributed by atoms with van der Waals surface area (Å²) in [7, 11) is 0. The Hall–Kier alpha value is -1.90. The quantitative estimate of drug-likeness (QED) is 0.498. The van der Waals surface area contributed by atoms with Crippen LogP contribution in [0.15, 0.2) is 16.5 Å². The molecular formula is C15H23N3O5. The van der Waals surface area contributed by atoms with Gasteiger partial charge in [0.25, 0.3) is 0 Å². The van der Waals surface area contributed by atoms with Gasteiger partial charge in [-0.05, 0) is 19.1 Å². The van der Waals surface area contributed by atoms with Crippen LogP contribution in [0.25, 0.3) is 0 Å². The van der Waals surface area contributed by atoms with E-state index < -0.39 is 12.1 Å². The molecule has 1 fully saturated rings. The first-order valence-electron chi connectivity index (χ1n) is 7.61. The van der Waals surface area contributed by atoms with Crippen LogP contribution in [0, 0.1) is 6.92 Å². The van der Waals surface area contributed by atoms with Gasteiger partial charge in [0, 0.05) is 13.1 Å². The van der Waals surface area contributed by atoms with Crippen LogP contribution >= 0.6 is 0 Å². The molecule has 0 unspecified atom stereocenters. The average Bonchev–Trinajstić information content (AvgIpc) is 2.93. The van der Waals surface area contributed by atoms with Gasteiger partial charge in [0.2, 0.25) is 11.8 Å². The van der Waals surface area contributed by atoms with Crippen molar-refractivity contribution in [3.05, 3.63) is 23.7 Å². The predicted molar refractivity (Wildman–Crippen MR) is 81.4 cm³/mol. The van der Waals surface area contributed by atoms with Gasteiger partial charge in [0.15, 0.2) is 0 Å². The van der Waals surface area contributed by atoms with Gasteiger partial charge in [0.05, 0.1) is 38.3 Å². The van der Waals surface area contributed by atoms with Crippen molar-refractivity contribution in [3.63, 3.8) is 0 Å². The summed E-state index contributed by atoms with van der Waals surface area (Å²) >= 11 is 0. The number of nitrogens with one attached hydrogen (secondary N) is 2. The molecule has 8 heteroatoms. The van der Waals surface area contributed by atoms with Crippen LogP contribution in [0.5, 0.6) is 0 Å². The molecule has 1 aliphatic rings. The molecule has 1 aromatic rings. The lowest BCUT2D eigenvalue weighted by Gasteiger charge is -2.34. The van der Waals surface area contributed by atoms with E-state index in [0.717, 1.165) is 11.5 Å². The normalized spacial score (nSPS) is 19.0. The first kappa shape index (κ1) is 17.5. The maximum Gasteiger partial charge on any atom is 0.237 e. The minimum Gasteiger partial charge on any atom is -0.465 e. The molecule has 0 bridgehead atoms. The van der Waals surface area contributed by atoms with Crippen molar-refractivity contribution in [3.8, 4) is 0 Å². The first-order chi connectivity index (χ1) is 11.0. The number of rotatable bonds is 7. The van der Waals surface area contributed by atoms with Crippen LogP contribution in [0.4, 0.5) is 0 Å². The number of carbonyl (C=O) groups is 2. The highest BCUT2D eigenvalue weighted by Crippen LogP contribution is 2.15. The number of amides is 2. The number of furan rings is 1. The maximum absolute atomic E-state index is 12.1. The SMILES string of the molecule is Cc1ccc(CN2CCNC(=O)[C@@H]2CC(=O)NC(CO)CO)o1. The Morgan fingerprint density at radius 1 is 1.48 bits per heavy atom. The third-order valence-electron chi connectivity index (χ3n) is 3.78. The third-order valence-corrected chi connectivity index (χ3v) is 3.78. The van der Waals surface area contributed by atoms with E-state index in [-0.39, 0.29) is 31.4 Å². The summed E-state index contributed by atoms with van der Waals surface area (Å²) in [6.07, 6.45) is -0.0397. The Labute approximate surface area is 134 Å². The summed E-state index contributed by atoms with van der Waals surface area (Å²) in [5.41, 5.74) is 0. The molecule has 0 radical (unpaired) electrons. The fraction of sp³-hybridized carbons (Fsp3) is 0.600. The van der Waals surface area contributed by atoms with E-state index in [4.69, 9.17) is 14.6 Å². The highest BCUT2D eigenvalue weighted by Gasteiger charge is 2.32. The zero-order chi connectivity index (χ0) is 16.8. The van der Waals surface area contributed by atoms with E-state index in [1.807, 2.05) is 24.0 Å². The smallest absolute Gasteiger partial charge is 0.237 e. The van der Waals surface area contributed by atoms with Crippen molar-refractivity contribution in [2.24, 2.45) is 0 Å². The molecule has 1 saturated heterocycles. The molecule has 1 aromatic heterocycles. The summed E-state index contributed by atoms with van der Waals surface area (Å²) in [4.78, 5) is 26.0. The van der Waals surface area contributed by atoms with Crippen LogP contribution in [-0.2, 0) is 16.1 Å². The molecule has 2 rings (SSSR count). The molecule has 2 heterocycles. The highest BCUT2D eigenvalue weighted by molar-refractivity contribution is 5.88. The van der Waals surface area contributed by atoms with Gasteiger partial charge in [-0.2, -0.15) is 0 Å². The molecule has 0 spiro atoms. The summed E-state index contributed by atoms with van der Waals surface area (Å²) in [6, 6.07) is 2.39. The van der Waals surface area contributed by atoms with E-state index in [9.17, 15) is 9.59 Å². The first-order valence-corrected chi connectivity index (χ1v) is 7.61. The maximum atomic E-state index is 12.1. The molecule has 23 heavy (non-hydrogen) atoms. The second-order valence-corrected chi connectivity index (χ2v) is 5.62. The number of piperazine rings is 1. The minimum absolute atomic E-state index is 0.0397. The molecule has 4 N–H and O–H groups in total. The standard InChI is InChI=1S/C15H23N3O5/c1-10-2-3-12(23-10)7-18-5-4-16-15(22)13(18)6-14(21)17-11(8-19)9-20/h2-3,11,13,19-20H,4-9H2,1H3,(H,16,22)(H,17,21)/t13-/m0/s1. The Bertz CT molecular complexity index is 541. The second-order valence-electron chi connectivity index (χ2n) is 5.62. The third kappa shape index (κ3) is 4.78. The lowest BCUT2D eigenvalue weighted by Crippen LogP contribution is -2.56. The van der Waals surface area contributed by atoms with Crippen LogP contribution in [0.1, 0.15) is 17.9 Å². The number of hydrogen-bond donors (Lipinski definition) is 4. The van der Waals surface area contributed by atoms with Crippen molar-refractivity contribution >= 4 is 11.8 Å². The number of aliphatic hydroxyl groups excluding tert-OH is 2. The molecule has 2 amide bonds. The summed E-state index contributed by atoms with van der Waals surface area (Å²) in [6.45, 7) is 2.73. The minimum atomic E-state index is -0.713. The second kappa shape index (κ2) is 8.09. The van der Waals surface area contributed by atoms with Gasteiger partial charge in [-0.25, -0.2) is 0 Å². The average molecular weight is 325 g/mol. The van der Waals surface area contributed by atoms with Crippen LogP contribution in [0.3, 0.4) is 0 Å². The number of carbonyl (C=O) groups excluding carboxylic acids is 2. The lowest BCUT2D eigenvalue weighted by atomic mass is 10.1. The zero-order valence-electron chi connectivity index (χ0n) is 13.1. The van der Waals surface area contributed by atoms with Crippen molar-refractivity contribution in [2.75, 3.05) is 26.3 Å². The largest absolute Gasteiger partial charge is 0.465 e. The van der Waals surface area contributed by atoms with Crippen molar-refractivity contribution in [1.29, 1.82) is 0 Å². The fourth-order valence-corrected chi connectivity index (χ4v) is 2.55. The molecule has 0 aliphatic carbocycles. The molecule has 8 nitrogen and oxygen atoms in total. The van der Waals surface area contributed by atoms with Crippen molar-refractivity contribution < 1.29 is 24.2 Å². The van der Waals surface area contributed by atoms with Gasteiger partial charge in [0.1, 0.15) is 11.5 Å². The van der Waals surface area contributed by atoms with E-state index in [1.165, 1.54) is 0 Å². The molecule has 128 valence electrons. The summed E-state index contributed by atoms with van der Waals surface area (Å²) in [5.74, 6) is 0.940. The van der Waals surface area contributed by atoms with Gasteiger partial charge < -0.3 is 25.3 Å². The van der Waals surface area contributed by atoms with Gasteiger partial charge in [-0.1, -0.05) is 0 Å². The Kier molecular flexibility index (Phi) is 6.14. The lowest BCUT2D eigenvalue weighted by molar-refractivity contribution is -0.134.